The van der Waals surface area contributed by atoms with Crippen molar-refractivity contribution in [3.63, 3.8) is 0 Å². The van der Waals surface area contributed by atoms with E-state index in [1.807, 2.05) is 31.2 Å². The number of carbonyl (C=O) groups is 1. The molecule has 0 bridgehead atoms. The van der Waals surface area contributed by atoms with E-state index in [1.54, 1.807) is 12.3 Å². The van der Waals surface area contributed by atoms with Gasteiger partial charge in [-0.1, -0.05) is 30.0 Å². The summed E-state index contributed by atoms with van der Waals surface area (Å²) in [5.41, 5.74) is 1.95. The minimum Gasteiger partial charge on any atom is -0.488 e. The SMILES string of the molecule is Cc1occc1-c1nnc(SCC(=O)NCC2Cc3ccccc3O2)n1N. The van der Waals surface area contributed by atoms with Crippen LogP contribution in [-0.4, -0.2) is 39.2 Å². The lowest BCUT2D eigenvalue weighted by atomic mass is 10.1. The van der Waals surface area contributed by atoms with Crippen LogP contribution in [0.25, 0.3) is 11.4 Å². The monoisotopic (exact) mass is 385 g/mol. The summed E-state index contributed by atoms with van der Waals surface area (Å²) in [6.45, 7) is 2.29. The number of fused-ring (bicyclic) bond motifs is 1. The van der Waals surface area contributed by atoms with Crippen LogP contribution < -0.4 is 15.9 Å². The lowest BCUT2D eigenvalue weighted by Crippen LogP contribution is -2.35. The fourth-order valence-electron chi connectivity index (χ4n) is 2.95. The topological polar surface area (TPSA) is 108 Å². The number of rotatable bonds is 6. The molecule has 2 aromatic heterocycles. The van der Waals surface area contributed by atoms with Crippen LogP contribution >= 0.6 is 11.8 Å². The minimum atomic E-state index is -0.108. The highest BCUT2D eigenvalue weighted by Gasteiger charge is 2.23. The van der Waals surface area contributed by atoms with E-state index in [1.165, 1.54) is 22.0 Å². The molecular formula is C18H19N5O3S. The molecule has 0 saturated heterocycles. The van der Waals surface area contributed by atoms with Gasteiger partial charge >= 0.3 is 0 Å². The number of nitrogens with two attached hydrogens (primary N) is 1. The van der Waals surface area contributed by atoms with E-state index >= 15 is 0 Å². The Morgan fingerprint density at radius 2 is 2.22 bits per heavy atom. The Bertz CT molecular complexity index is 943. The number of aryl methyl sites for hydroxylation is 1. The summed E-state index contributed by atoms with van der Waals surface area (Å²) in [5.74, 6) is 8.24. The molecule has 0 aliphatic carbocycles. The van der Waals surface area contributed by atoms with Crippen molar-refractivity contribution < 1.29 is 13.9 Å². The van der Waals surface area contributed by atoms with E-state index in [0.29, 0.717) is 23.3 Å². The molecule has 1 atom stereocenters. The fourth-order valence-corrected chi connectivity index (χ4v) is 3.64. The van der Waals surface area contributed by atoms with Crippen LogP contribution in [0.4, 0.5) is 0 Å². The first-order valence-corrected chi connectivity index (χ1v) is 9.49. The summed E-state index contributed by atoms with van der Waals surface area (Å²) in [6, 6.07) is 9.70. The second kappa shape index (κ2) is 7.36. The van der Waals surface area contributed by atoms with E-state index in [9.17, 15) is 4.79 Å². The van der Waals surface area contributed by atoms with E-state index in [4.69, 9.17) is 15.0 Å². The van der Waals surface area contributed by atoms with Gasteiger partial charge in [-0.3, -0.25) is 4.79 Å². The number of para-hydroxylation sites is 1. The minimum absolute atomic E-state index is 0.0369. The molecule has 3 N–H and O–H groups in total. The van der Waals surface area contributed by atoms with Crippen molar-refractivity contribution in [3.8, 4) is 17.1 Å². The van der Waals surface area contributed by atoms with E-state index < -0.39 is 0 Å². The zero-order valence-electron chi connectivity index (χ0n) is 14.7. The maximum absolute atomic E-state index is 12.1. The first-order chi connectivity index (χ1) is 13.1. The van der Waals surface area contributed by atoms with Gasteiger partial charge in [-0.05, 0) is 24.6 Å². The number of hydrogen-bond donors (Lipinski definition) is 2. The van der Waals surface area contributed by atoms with Crippen molar-refractivity contribution >= 4 is 17.7 Å². The molecule has 1 aliphatic rings. The number of ether oxygens (including phenoxy) is 1. The molecule has 1 unspecified atom stereocenters. The summed E-state index contributed by atoms with van der Waals surface area (Å²) in [5, 5.41) is 11.5. The van der Waals surface area contributed by atoms with Crippen LogP contribution in [0.2, 0.25) is 0 Å². The summed E-state index contributed by atoms with van der Waals surface area (Å²) in [4.78, 5) is 12.1. The van der Waals surface area contributed by atoms with Gasteiger partial charge in [0.1, 0.15) is 17.6 Å². The van der Waals surface area contributed by atoms with Gasteiger partial charge in [-0.25, -0.2) is 4.68 Å². The van der Waals surface area contributed by atoms with E-state index in [0.717, 1.165) is 17.7 Å². The predicted molar refractivity (Wildman–Crippen MR) is 101 cm³/mol. The first kappa shape index (κ1) is 17.5. The fraction of sp³-hybridized carbons (Fsp3) is 0.278. The molecule has 1 amide bonds. The zero-order chi connectivity index (χ0) is 18.8. The third kappa shape index (κ3) is 3.63. The molecule has 3 heterocycles. The maximum atomic E-state index is 12.1. The quantitative estimate of drug-likeness (QED) is 0.492. The van der Waals surface area contributed by atoms with Crippen molar-refractivity contribution in [3.05, 3.63) is 47.9 Å². The third-order valence-corrected chi connectivity index (χ3v) is 5.28. The average Bonchev–Trinajstić information content (AvgIpc) is 3.36. The van der Waals surface area contributed by atoms with Gasteiger partial charge in [0, 0.05) is 6.42 Å². The van der Waals surface area contributed by atoms with Gasteiger partial charge in [0.15, 0.2) is 5.82 Å². The second-order valence-corrected chi connectivity index (χ2v) is 7.15. The number of carbonyl (C=O) groups excluding carboxylic acids is 1. The second-order valence-electron chi connectivity index (χ2n) is 6.21. The van der Waals surface area contributed by atoms with Crippen molar-refractivity contribution in [2.24, 2.45) is 0 Å². The highest BCUT2D eigenvalue weighted by atomic mass is 32.2. The lowest BCUT2D eigenvalue weighted by Gasteiger charge is -2.11. The number of hydrogen-bond acceptors (Lipinski definition) is 7. The molecule has 0 radical (unpaired) electrons. The van der Waals surface area contributed by atoms with Crippen LogP contribution in [0.3, 0.4) is 0 Å². The Hall–Kier alpha value is -2.94. The number of nitrogen functional groups attached to an aromatic ring is 1. The van der Waals surface area contributed by atoms with Crippen LogP contribution in [0, 0.1) is 6.92 Å². The van der Waals surface area contributed by atoms with Crippen LogP contribution in [0.1, 0.15) is 11.3 Å². The average molecular weight is 385 g/mol. The normalized spacial score (nSPS) is 15.4. The van der Waals surface area contributed by atoms with E-state index in [-0.39, 0.29) is 17.8 Å². The Labute approximate surface area is 160 Å². The molecule has 0 spiro atoms. The number of nitrogens with zero attached hydrogens (tertiary/aromatic N) is 3. The number of amides is 1. The Morgan fingerprint density at radius 1 is 1.37 bits per heavy atom. The van der Waals surface area contributed by atoms with Gasteiger partial charge < -0.3 is 20.3 Å². The van der Waals surface area contributed by atoms with Gasteiger partial charge in [0.25, 0.3) is 0 Å². The summed E-state index contributed by atoms with van der Waals surface area (Å²) < 4.78 is 12.5. The number of nitrogens with one attached hydrogen (secondary N) is 1. The van der Waals surface area contributed by atoms with Crippen LogP contribution in [-0.2, 0) is 11.2 Å². The van der Waals surface area contributed by atoms with Crippen molar-refractivity contribution in [1.82, 2.24) is 20.2 Å². The first-order valence-electron chi connectivity index (χ1n) is 8.51. The summed E-state index contributed by atoms with van der Waals surface area (Å²) in [7, 11) is 0. The third-order valence-electron chi connectivity index (χ3n) is 4.34. The van der Waals surface area contributed by atoms with Crippen LogP contribution in [0.15, 0.2) is 46.2 Å². The summed E-state index contributed by atoms with van der Waals surface area (Å²) >= 11 is 1.23. The highest BCUT2D eigenvalue weighted by Crippen LogP contribution is 2.28. The van der Waals surface area contributed by atoms with Gasteiger partial charge in [-0.2, -0.15) is 0 Å². The Morgan fingerprint density at radius 3 is 3.00 bits per heavy atom. The largest absolute Gasteiger partial charge is 0.488 e. The van der Waals surface area contributed by atoms with Crippen molar-refractivity contribution in [1.29, 1.82) is 0 Å². The standard InChI is InChI=1S/C18H19N5O3S/c1-11-14(6-7-25-11)17-21-22-18(23(17)19)27-10-16(24)20-9-13-8-12-4-2-3-5-15(12)26-13/h2-7,13H,8-10,19H2,1H3,(H,20,24). The molecular weight excluding hydrogens is 366 g/mol. The Kier molecular flexibility index (Phi) is 4.76. The van der Waals surface area contributed by atoms with Gasteiger partial charge in [0.2, 0.25) is 11.1 Å². The molecule has 1 aromatic carbocycles. The van der Waals surface area contributed by atoms with E-state index in [2.05, 4.69) is 15.5 Å². The molecule has 8 nitrogen and oxygen atoms in total. The molecule has 27 heavy (non-hydrogen) atoms. The highest BCUT2D eigenvalue weighted by molar-refractivity contribution is 7.99. The maximum Gasteiger partial charge on any atom is 0.230 e. The number of benzene rings is 1. The predicted octanol–water partition coefficient (Wildman–Crippen LogP) is 1.77. The Balaban J connectivity index is 1.28. The lowest BCUT2D eigenvalue weighted by molar-refractivity contribution is -0.118. The van der Waals surface area contributed by atoms with Crippen molar-refractivity contribution in [2.75, 3.05) is 18.1 Å². The molecule has 9 heteroatoms. The zero-order valence-corrected chi connectivity index (χ0v) is 15.5. The van der Waals surface area contributed by atoms with Crippen LogP contribution in [0.5, 0.6) is 5.75 Å². The number of thioether (sulfide) groups is 1. The molecule has 4 rings (SSSR count). The number of furan rings is 1. The summed E-state index contributed by atoms with van der Waals surface area (Å²) in [6.07, 6.45) is 2.34. The molecule has 140 valence electrons. The molecule has 0 saturated carbocycles. The van der Waals surface area contributed by atoms with Gasteiger partial charge in [0.05, 0.1) is 24.1 Å². The molecule has 0 fully saturated rings. The smallest absolute Gasteiger partial charge is 0.230 e. The number of aromatic nitrogens is 3. The molecule has 1 aliphatic heterocycles. The van der Waals surface area contributed by atoms with Crippen molar-refractivity contribution in [2.45, 2.75) is 24.6 Å². The molecule has 3 aromatic rings. The van der Waals surface area contributed by atoms with Gasteiger partial charge in [-0.15, -0.1) is 10.2 Å².